The molecule has 78 valence electrons. The molecule has 2 N–H and O–H groups in total. The molecule has 0 bridgehead atoms. The van der Waals surface area contributed by atoms with Gasteiger partial charge in [-0.1, -0.05) is 30.1 Å². The van der Waals surface area contributed by atoms with Gasteiger partial charge in [-0.05, 0) is 18.6 Å². The molecule has 0 spiro atoms. The van der Waals surface area contributed by atoms with Gasteiger partial charge in [0.2, 0.25) is 0 Å². The van der Waals surface area contributed by atoms with E-state index in [9.17, 15) is 0 Å². The number of nitrogens with zero attached hydrogens (tertiary/aromatic N) is 1. The Labute approximate surface area is 93.1 Å². The molecule has 1 aromatic rings. The highest BCUT2D eigenvalue weighted by molar-refractivity contribution is 6.34. The van der Waals surface area contributed by atoms with Crippen molar-refractivity contribution < 1.29 is 5.11 Å². The van der Waals surface area contributed by atoms with Crippen molar-refractivity contribution in [1.29, 1.82) is 0 Å². The second kappa shape index (κ2) is 5.39. The Kier molecular flexibility index (Phi) is 4.45. The summed E-state index contributed by atoms with van der Waals surface area (Å²) in [6.45, 7) is 2.01. The van der Waals surface area contributed by atoms with E-state index < -0.39 is 0 Å². The molecule has 1 aromatic heterocycles. The van der Waals surface area contributed by atoms with Gasteiger partial charge in [0.25, 0.3) is 0 Å². The van der Waals surface area contributed by atoms with Gasteiger partial charge in [0.1, 0.15) is 11.0 Å². The quantitative estimate of drug-likeness (QED) is 0.788. The summed E-state index contributed by atoms with van der Waals surface area (Å²) < 4.78 is 0. The van der Waals surface area contributed by atoms with E-state index in [1.54, 1.807) is 12.1 Å². The molecule has 1 heterocycles. The van der Waals surface area contributed by atoms with Crippen molar-refractivity contribution in [3.05, 3.63) is 22.3 Å². The molecule has 0 aromatic carbocycles. The van der Waals surface area contributed by atoms with Crippen molar-refractivity contribution in [3.8, 4) is 0 Å². The average molecular weight is 235 g/mol. The Hall–Kier alpha value is -0.510. The fraction of sp³-hybridized carbons (Fsp3) is 0.444. The van der Waals surface area contributed by atoms with Crippen LogP contribution in [0.4, 0.5) is 5.82 Å². The fourth-order valence-corrected chi connectivity index (χ4v) is 1.30. The highest BCUT2D eigenvalue weighted by Gasteiger charge is 2.08. The van der Waals surface area contributed by atoms with Crippen LogP contribution < -0.4 is 5.32 Å². The highest BCUT2D eigenvalue weighted by Crippen LogP contribution is 2.22. The van der Waals surface area contributed by atoms with Crippen LogP contribution in [0.3, 0.4) is 0 Å². The fourth-order valence-electron chi connectivity index (χ4n) is 0.990. The van der Waals surface area contributed by atoms with Crippen LogP contribution in [0.1, 0.15) is 13.3 Å². The predicted octanol–water partition coefficient (Wildman–Crippen LogP) is 2.57. The number of aliphatic hydroxyl groups is 1. The molecule has 1 unspecified atom stereocenters. The lowest BCUT2D eigenvalue weighted by Gasteiger charge is -2.15. The van der Waals surface area contributed by atoms with E-state index in [1.165, 1.54) is 0 Å². The maximum absolute atomic E-state index is 8.98. The van der Waals surface area contributed by atoms with E-state index in [-0.39, 0.29) is 12.6 Å². The third kappa shape index (κ3) is 3.01. The molecular formula is C9H12Cl2N2O. The van der Waals surface area contributed by atoms with Crippen molar-refractivity contribution in [2.75, 3.05) is 11.9 Å². The number of aromatic nitrogens is 1. The van der Waals surface area contributed by atoms with Crippen LogP contribution in [0.15, 0.2) is 12.1 Å². The SMILES string of the molecule is CCC(CO)Nc1nc(Cl)ccc1Cl. The van der Waals surface area contributed by atoms with Crippen molar-refractivity contribution >= 4 is 29.0 Å². The van der Waals surface area contributed by atoms with E-state index in [0.717, 1.165) is 6.42 Å². The van der Waals surface area contributed by atoms with Crippen molar-refractivity contribution in [3.63, 3.8) is 0 Å². The molecule has 3 nitrogen and oxygen atoms in total. The van der Waals surface area contributed by atoms with E-state index in [0.29, 0.717) is 16.0 Å². The lowest BCUT2D eigenvalue weighted by molar-refractivity contribution is 0.271. The number of halogens is 2. The zero-order chi connectivity index (χ0) is 10.6. The summed E-state index contributed by atoms with van der Waals surface area (Å²) in [4.78, 5) is 4.02. The van der Waals surface area contributed by atoms with Gasteiger partial charge < -0.3 is 10.4 Å². The van der Waals surface area contributed by atoms with Gasteiger partial charge in [-0.2, -0.15) is 0 Å². The largest absolute Gasteiger partial charge is 0.394 e. The number of rotatable bonds is 4. The molecule has 5 heteroatoms. The lowest BCUT2D eigenvalue weighted by Crippen LogP contribution is -2.23. The molecule has 0 radical (unpaired) electrons. The zero-order valence-corrected chi connectivity index (χ0v) is 9.31. The topological polar surface area (TPSA) is 45.1 Å². The van der Waals surface area contributed by atoms with E-state index in [2.05, 4.69) is 10.3 Å². The van der Waals surface area contributed by atoms with Crippen LogP contribution in [0.25, 0.3) is 0 Å². The molecule has 1 atom stereocenters. The summed E-state index contributed by atoms with van der Waals surface area (Å²) in [5.74, 6) is 0.514. The van der Waals surface area contributed by atoms with E-state index in [1.807, 2.05) is 6.92 Å². The minimum absolute atomic E-state index is 0.0427. The van der Waals surface area contributed by atoms with Crippen molar-refractivity contribution in [2.24, 2.45) is 0 Å². The molecule has 0 aliphatic rings. The third-order valence-corrected chi connectivity index (χ3v) is 2.38. The normalized spacial score (nSPS) is 12.6. The van der Waals surface area contributed by atoms with Gasteiger partial charge in [-0.25, -0.2) is 4.98 Å². The number of pyridine rings is 1. The number of hydrogen-bond acceptors (Lipinski definition) is 3. The number of nitrogens with one attached hydrogen (secondary N) is 1. The Morgan fingerprint density at radius 1 is 1.50 bits per heavy atom. The second-order valence-corrected chi connectivity index (χ2v) is 3.69. The third-order valence-electron chi connectivity index (χ3n) is 1.87. The smallest absolute Gasteiger partial charge is 0.146 e. The second-order valence-electron chi connectivity index (χ2n) is 2.90. The Balaban J connectivity index is 2.79. The Morgan fingerprint density at radius 2 is 2.21 bits per heavy atom. The van der Waals surface area contributed by atoms with Gasteiger partial charge in [0, 0.05) is 0 Å². The monoisotopic (exact) mass is 234 g/mol. The van der Waals surface area contributed by atoms with Gasteiger partial charge in [0.05, 0.1) is 17.7 Å². The van der Waals surface area contributed by atoms with Gasteiger partial charge in [0.15, 0.2) is 0 Å². The van der Waals surface area contributed by atoms with E-state index >= 15 is 0 Å². The minimum Gasteiger partial charge on any atom is -0.394 e. The molecule has 0 saturated carbocycles. The maximum Gasteiger partial charge on any atom is 0.146 e. The van der Waals surface area contributed by atoms with Crippen molar-refractivity contribution in [2.45, 2.75) is 19.4 Å². The first kappa shape index (κ1) is 11.6. The van der Waals surface area contributed by atoms with Crippen molar-refractivity contribution in [1.82, 2.24) is 4.98 Å². The molecule has 0 fully saturated rings. The molecule has 0 aliphatic heterocycles. The van der Waals surface area contributed by atoms with Gasteiger partial charge in [-0.3, -0.25) is 0 Å². The van der Waals surface area contributed by atoms with Gasteiger partial charge >= 0.3 is 0 Å². The van der Waals surface area contributed by atoms with Crippen LogP contribution in [-0.4, -0.2) is 22.7 Å². The van der Waals surface area contributed by atoms with Crippen LogP contribution in [0.5, 0.6) is 0 Å². The first-order valence-corrected chi connectivity index (χ1v) is 5.12. The molecule has 0 amide bonds. The summed E-state index contributed by atoms with van der Waals surface area (Å²) >= 11 is 11.6. The van der Waals surface area contributed by atoms with Crippen LogP contribution in [-0.2, 0) is 0 Å². The first-order chi connectivity index (χ1) is 6.67. The molecule has 0 aliphatic carbocycles. The van der Waals surface area contributed by atoms with E-state index in [4.69, 9.17) is 28.3 Å². The van der Waals surface area contributed by atoms with Gasteiger partial charge in [-0.15, -0.1) is 0 Å². The molecular weight excluding hydrogens is 223 g/mol. The summed E-state index contributed by atoms with van der Waals surface area (Å²) in [7, 11) is 0. The molecule has 0 saturated heterocycles. The summed E-state index contributed by atoms with van der Waals surface area (Å²) in [5.41, 5.74) is 0. The lowest BCUT2D eigenvalue weighted by atomic mass is 10.2. The number of hydrogen-bond donors (Lipinski definition) is 2. The predicted molar refractivity (Wildman–Crippen MR) is 59.0 cm³/mol. The Bertz CT molecular complexity index is 303. The average Bonchev–Trinajstić information content (AvgIpc) is 2.19. The highest BCUT2D eigenvalue weighted by atomic mass is 35.5. The summed E-state index contributed by atoms with van der Waals surface area (Å²) in [6, 6.07) is 3.25. The molecule has 14 heavy (non-hydrogen) atoms. The first-order valence-electron chi connectivity index (χ1n) is 4.36. The summed E-state index contributed by atoms with van der Waals surface area (Å²) in [6.07, 6.45) is 0.793. The van der Waals surface area contributed by atoms with Crippen LogP contribution in [0, 0.1) is 0 Å². The summed E-state index contributed by atoms with van der Waals surface area (Å²) in [5, 5.41) is 12.9. The molecule has 1 rings (SSSR count). The Morgan fingerprint density at radius 3 is 2.79 bits per heavy atom. The zero-order valence-electron chi connectivity index (χ0n) is 7.80. The number of anilines is 1. The van der Waals surface area contributed by atoms with Crippen LogP contribution >= 0.6 is 23.2 Å². The standard InChI is InChI=1S/C9H12Cl2N2O/c1-2-6(5-14)12-9-7(10)3-4-8(11)13-9/h3-4,6,14H,2,5H2,1H3,(H,12,13). The van der Waals surface area contributed by atoms with Crippen LogP contribution in [0.2, 0.25) is 10.2 Å². The minimum atomic E-state index is -0.0431. The maximum atomic E-state index is 8.98. The number of aliphatic hydroxyl groups excluding tert-OH is 1.